The molecule has 2 aliphatic heterocycles. The van der Waals surface area contributed by atoms with Gasteiger partial charge in [0.15, 0.2) is 0 Å². The van der Waals surface area contributed by atoms with E-state index in [0.717, 1.165) is 23.7 Å². The van der Waals surface area contributed by atoms with Gasteiger partial charge in [0.25, 0.3) is 11.8 Å². The van der Waals surface area contributed by atoms with Crippen molar-refractivity contribution in [1.82, 2.24) is 24.6 Å². The second-order valence-corrected chi connectivity index (χ2v) is 7.64. The smallest absolute Gasteiger partial charge is 0.255 e. The van der Waals surface area contributed by atoms with Crippen LogP contribution in [-0.2, 0) is 7.05 Å². The number of likely N-dealkylation sites (tertiary alicyclic amines) is 1. The Morgan fingerprint density at radius 1 is 0.964 bits per heavy atom. The normalized spacial score (nSPS) is 21.3. The molecule has 2 bridgehead atoms. The number of aryl methyl sites for hydroxylation is 1. The topological polar surface area (TPSA) is 71.3 Å². The fraction of sp³-hybridized carbons (Fsp3) is 0.333. The number of benzene rings is 1. The van der Waals surface area contributed by atoms with Crippen molar-refractivity contribution in [2.75, 3.05) is 13.1 Å². The molecule has 2 aliphatic rings. The first-order chi connectivity index (χ1) is 13.6. The van der Waals surface area contributed by atoms with Crippen LogP contribution in [0, 0.1) is 0 Å². The van der Waals surface area contributed by atoms with Crippen molar-refractivity contribution in [1.29, 1.82) is 0 Å². The summed E-state index contributed by atoms with van der Waals surface area (Å²) in [5, 5.41) is 8.60. The zero-order valence-corrected chi connectivity index (χ0v) is 15.7. The van der Waals surface area contributed by atoms with E-state index in [0.29, 0.717) is 24.2 Å². The van der Waals surface area contributed by atoms with E-state index in [1.165, 1.54) is 12.4 Å². The number of amides is 2. The predicted octanol–water partition coefficient (Wildman–Crippen LogP) is 2.10. The zero-order chi connectivity index (χ0) is 19.3. The third-order valence-electron chi connectivity index (χ3n) is 5.97. The van der Waals surface area contributed by atoms with Gasteiger partial charge in [0.2, 0.25) is 0 Å². The van der Waals surface area contributed by atoms with Crippen LogP contribution in [0.2, 0.25) is 0 Å². The van der Waals surface area contributed by atoms with Crippen molar-refractivity contribution in [3.05, 3.63) is 60.0 Å². The van der Waals surface area contributed by atoms with E-state index >= 15 is 0 Å². The molecule has 7 nitrogen and oxygen atoms in total. The van der Waals surface area contributed by atoms with Crippen LogP contribution < -0.4 is 0 Å². The molecule has 28 heavy (non-hydrogen) atoms. The molecule has 0 spiro atoms. The minimum absolute atomic E-state index is 0.0374. The summed E-state index contributed by atoms with van der Waals surface area (Å²) in [5.41, 5.74) is 2.37. The molecule has 4 heterocycles. The lowest BCUT2D eigenvalue weighted by Gasteiger charge is -2.41. The Labute approximate surface area is 162 Å². The number of piperazine rings is 1. The second-order valence-electron chi connectivity index (χ2n) is 7.64. The second kappa shape index (κ2) is 6.44. The Hall–Kier alpha value is -3.22. The number of fused-ring (bicyclic) bond motifs is 3. The Kier molecular flexibility index (Phi) is 3.89. The zero-order valence-electron chi connectivity index (χ0n) is 15.7. The van der Waals surface area contributed by atoms with Crippen molar-refractivity contribution in [2.24, 2.45) is 7.05 Å². The van der Waals surface area contributed by atoms with Gasteiger partial charge >= 0.3 is 0 Å². The Morgan fingerprint density at radius 3 is 2.46 bits per heavy atom. The maximum absolute atomic E-state index is 13.3. The van der Waals surface area contributed by atoms with Crippen LogP contribution in [0.5, 0.6) is 0 Å². The van der Waals surface area contributed by atoms with Crippen LogP contribution in [0.15, 0.2) is 48.9 Å². The lowest BCUT2D eigenvalue weighted by atomic mass is 10.1. The molecular weight excluding hydrogens is 354 g/mol. The number of hydrogen-bond acceptors (Lipinski definition) is 4. The van der Waals surface area contributed by atoms with Gasteiger partial charge in [0, 0.05) is 42.8 Å². The fourth-order valence-corrected chi connectivity index (χ4v) is 4.56. The third kappa shape index (κ3) is 2.66. The fourth-order valence-electron chi connectivity index (χ4n) is 4.56. The molecule has 5 rings (SSSR count). The van der Waals surface area contributed by atoms with E-state index < -0.39 is 0 Å². The van der Waals surface area contributed by atoms with Crippen LogP contribution in [0.1, 0.15) is 33.6 Å². The summed E-state index contributed by atoms with van der Waals surface area (Å²) in [5.74, 6) is 0.0283. The molecular formula is C21H21N5O2. The summed E-state index contributed by atoms with van der Waals surface area (Å²) in [7, 11) is 2.00. The molecule has 2 amide bonds. The molecule has 1 aromatic carbocycles. The Bertz CT molecular complexity index is 1050. The monoisotopic (exact) mass is 375 g/mol. The predicted molar refractivity (Wildman–Crippen MR) is 104 cm³/mol. The summed E-state index contributed by atoms with van der Waals surface area (Å²) in [6, 6.07) is 9.72. The van der Waals surface area contributed by atoms with Crippen molar-refractivity contribution in [2.45, 2.75) is 24.9 Å². The number of rotatable bonds is 2. The first-order valence-electron chi connectivity index (χ1n) is 9.55. The van der Waals surface area contributed by atoms with Gasteiger partial charge in [-0.15, -0.1) is 0 Å². The van der Waals surface area contributed by atoms with Crippen LogP contribution in [-0.4, -0.2) is 61.6 Å². The average molecular weight is 375 g/mol. The van der Waals surface area contributed by atoms with Crippen LogP contribution in [0.3, 0.4) is 0 Å². The van der Waals surface area contributed by atoms with Gasteiger partial charge in [-0.2, -0.15) is 10.2 Å². The Morgan fingerprint density at radius 2 is 1.75 bits per heavy atom. The van der Waals surface area contributed by atoms with Gasteiger partial charge in [0.1, 0.15) is 0 Å². The number of carbonyl (C=O) groups excluding carboxylic acids is 2. The molecule has 142 valence electrons. The molecule has 0 N–H and O–H groups in total. The molecule has 0 aliphatic carbocycles. The molecule has 2 unspecified atom stereocenters. The SMILES string of the molecule is Cn1ccc2cc(C(=O)N3C4CCC3CN(C(=O)c3ccnnc3)C4)ccc21. The summed E-state index contributed by atoms with van der Waals surface area (Å²) in [4.78, 5) is 29.9. The molecule has 2 aromatic heterocycles. The molecule has 2 fully saturated rings. The highest BCUT2D eigenvalue weighted by atomic mass is 16.2. The molecule has 7 heteroatoms. The Balaban J connectivity index is 1.37. The number of hydrogen-bond donors (Lipinski definition) is 0. The van der Waals surface area contributed by atoms with Gasteiger partial charge in [-0.3, -0.25) is 9.59 Å². The van der Waals surface area contributed by atoms with E-state index in [1.54, 1.807) is 6.07 Å². The summed E-state index contributed by atoms with van der Waals surface area (Å²) in [6.45, 7) is 1.13. The van der Waals surface area contributed by atoms with Crippen molar-refractivity contribution < 1.29 is 9.59 Å². The lowest BCUT2D eigenvalue weighted by molar-refractivity contribution is 0.0360. The van der Waals surface area contributed by atoms with Crippen LogP contribution >= 0.6 is 0 Å². The summed E-state index contributed by atoms with van der Waals surface area (Å²) >= 11 is 0. The van der Waals surface area contributed by atoms with Gasteiger partial charge in [-0.1, -0.05) is 0 Å². The van der Waals surface area contributed by atoms with Gasteiger partial charge in [0.05, 0.1) is 30.0 Å². The quantitative estimate of drug-likeness (QED) is 0.688. The highest BCUT2D eigenvalue weighted by Gasteiger charge is 2.44. The molecule has 0 radical (unpaired) electrons. The highest BCUT2D eigenvalue weighted by molar-refractivity contribution is 5.99. The minimum Gasteiger partial charge on any atom is -0.351 e. The molecule has 3 aromatic rings. The third-order valence-corrected chi connectivity index (χ3v) is 5.97. The highest BCUT2D eigenvalue weighted by Crippen LogP contribution is 2.32. The molecule has 2 atom stereocenters. The largest absolute Gasteiger partial charge is 0.351 e. The first-order valence-corrected chi connectivity index (χ1v) is 9.55. The molecule has 2 saturated heterocycles. The van der Waals surface area contributed by atoms with Gasteiger partial charge in [-0.05, 0) is 43.2 Å². The van der Waals surface area contributed by atoms with Gasteiger partial charge < -0.3 is 14.4 Å². The van der Waals surface area contributed by atoms with Gasteiger partial charge in [-0.25, -0.2) is 0 Å². The van der Waals surface area contributed by atoms with Crippen molar-refractivity contribution in [3.63, 3.8) is 0 Å². The van der Waals surface area contributed by atoms with Crippen LogP contribution in [0.4, 0.5) is 0 Å². The van der Waals surface area contributed by atoms with Crippen molar-refractivity contribution >= 4 is 22.7 Å². The van der Waals surface area contributed by atoms with Crippen molar-refractivity contribution in [3.8, 4) is 0 Å². The van der Waals surface area contributed by atoms with E-state index in [-0.39, 0.29) is 23.9 Å². The maximum Gasteiger partial charge on any atom is 0.255 e. The maximum atomic E-state index is 13.3. The van der Waals surface area contributed by atoms with Crippen LogP contribution in [0.25, 0.3) is 10.9 Å². The molecule has 0 saturated carbocycles. The van der Waals surface area contributed by atoms with E-state index in [2.05, 4.69) is 10.2 Å². The number of aromatic nitrogens is 3. The number of nitrogens with zero attached hydrogens (tertiary/aromatic N) is 5. The minimum atomic E-state index is -0.0374. The summed E-state index contributed by atoms with van der Waals surface area (Å²) < 4.78 is 2.05. The average Bonchev–Trinajstić information content (AvgIpc) is 3.23. The van der Waals surface area contributed by atoms with E-state index in [4.69, 9.17) is 0 Å². The van der Waals surface area contributed by atoms with E-state index in [1.807, 2.05) is 51.9 Å². The van der Waals surface area contributed by atoms with E-state index in [9.17, 15) is 9.59 Å². The standard InChI is InChI=1S/C21H21N5O2/c1-24-9-7-14-10-15(2-5-19(14)24)21(28)26-17-3-4-18(26)13-25(12-17)20(27)16-6-8-22-23-11-16/h2,5-11,17-18H,3-4,12-13H2,1H3. The first kappa shape index (κ1) is 16.9. The summed E-state index contributed by atoms with van der Waals surface area (Å²) in [6.07, 6.45) is 6.89. The number of carbonyl (C=O) groups is 2. The lowest BCUT2D eigenvalue weighted by Crippen LogP contribution is -2.57.